The number of hydrogen-bond acceptors (Lipinski definition) is 2. The summed E-state index contributed by atoms with van der Waals surface area (Å²) in [4.78, 5) is 2.55. The maximum Gasteiger partial charge on any atom is -0.000778 e. The maximum absolute atomic E-state index is 3.32. The summed E-state index contributed by atoms with van der Waals surface area (Å²) in [6, 6.07) is 0. The second-order valence-electron chi connectivity index (χ2n) is 3.75. The summed E-state index contributed by atoms with van der Waals surface area (Å²) < 4.78 is 0. The monoisotopic (exact) mass is 170 g/mol. The third-order valence-electron chi connectivity index (χ3n) is 2.71. The molecule has 0 aromatic heterocycles. The summed E-state index contributed by atoms with van der Waals surface area (Å²) in [5.74, 6) is 0.968. The van der Waals surface area contributed by atoms with E-state index in [1.807, 2.05) is 0 Å². The van der Waals surface area contributed by atoms with Crippen molar-refractivity contribution in [3.8, 4) is 0 Å². The molecule has 2 nitrogen and oxygen atoms in total. The standard InChI is InChI=1S/C10H22N2/c1-3-6-12(4-2)7-5-10-8-11-9-10/h10-11H,3-9H2,1-2H3. The van der Waals surface area contributed by atoms with E-state index >= 15 is 0 Å². The number of rotatable bonds is 6. The van der Waals surface area contributed by atoms with E-state index in [2.05, 4.69) is 24.1 Å². The third-order valence-corrected chi connectivity index (χ3v) is 2.71. The zero-order valence-corrected chi connectivity index (χ0v) is 8.47. The molecule has 0 bridgehead atoms. The lowest BCUT2D eigenvalue weighted by Gasteiger charge is -2.29. The molecule has 1 N–H and O–H groups in total. The Bertz CT molecular complexity index is 110. The minimum Gasteiger partial charge on any atom is -0.316 e. The molecule has 1 heterocycles. The quantitative estimate of drug-likeness (QED) is 0.647. The van der Waals surface area contributed by atoms with Crippen molar-refractivity contribution in [2.24, 2.45) is 5.92 Å². The Kier molecular flexibility index (Phi) is 4.62. The molecule has 1 aliphatic rings. The van der Waals surface area contributed by atoms with Crippen molar-refractivity contribution >= 4 is 0 Å². The molecule has 0 aromatic rings. The predicted octanol–water partition coefficient (Wildman–Crippen LogP) is 1.33. The van der Waals surface area contributed by atoms with Crippen LogP contribution in [0.5, 0.6) is 0 Å². The van der Waals surface area contributed by atoms with Gasteiger partial charge in [0.25, 0.3) is 0 Å². The molecule has 12 heavy (non-hydrogen) atoms. The van der Waals surface area contributed by atoms with E-state index in [0.717, 1.165) is 5.92 Å². The van der Waals surface area contributed by atoms with E-state index < -0.39 is 0 Å². The highest BCUT2D eigenvalue weighted by molar-refractivity contribution is 4.75. The first-order valence-corrected chi connectivity index (χ1v) is 5.29. The average molecular weight is 170 g/mol. The Labute approximate surface area is 76.3 Å². The molecule has 0 aromatic carbocycles. The van der Waals surface area contributed by atoms with Gasteiger partial charge in [0.15, 0.2) is 0 Å². The number of hydrogen-bond donors (Lipinski definition) is 1. The van der Waals surface area contributed by atoms with Gasteiger partial charge in [-0.25, -0.2) is 0 Å². The molecule has 0 unspecified atom stereocenters. The fourth-order valence-corrected chi connectivity index (χ4v) is 1.66. The Balaban J connectivity index is 2.01. The fraction of sp³-hybridized carbons (Fsp3) is 1.00. The van der Waals surface area contributed by atoms with Crippen LogP contribution in [0.3, 0.4) is 0 Å². The smallest absolute Gasteiger partial charge is 0.000778 e. The highest BCUT2D eigenvalue weighted by Crippen LogP contribution is 2.09. The van der Waals surface area contributed by atoms with Gasteiger partial charge >= 0.3 is 0 Å². The first kappa shape index (κ1) is 10.0. The van der Waals surface area contributed by atoms with Crippen molar-refractivity contribution in [1.29, 1.82) is 0 Å². The van der Waals surface area contributed by atoms with Crippen LogP contribution in [0.15, 0.2) is 0 Å². The molecule has 72 valence electrons. The molecular formula is C10H22N2. The molecule has 1 rings (SSSR count). The average Bonchev–Trinajstić information content (AvgIpc) is 2.00. The Morgan fingerprint density at radius 3 is 2.42 bits per heavy atom. The Morgan fingerprint density at radius 2 is 2.00 bits per heavy atom. The van der Waals surface area contributed by atoms with Crippen molar-refractivity contribution < 1.29 is 0 Å². The van der Waals surface area contributed by atoms with Crippen LogP contribution < -0.4 is 5.32 Å². The lowest BCUT2D eigenvalue weighted by molar-refractivity contribution is 0.234. The minimum absolute atomic E-state index is 0.968. The topological polar surface area (TPSA) is 15.3 Å². The highest BCUT2D eigenvalue weighted by atomic mass is 15.1. The van der Waals surface area contributed by atoms with E-state index in [-0.39, 0.29) is 0 Å². The van der Waals surface area contributed by atoms with Crippen molar-refractivity contribution in [3.05, 3.63) is 0 Å². The van der Waals surface area contributed by atoms with Crippen LogP contribution in [0.4, 0.5) is 0 Å². The second kappa shape index (κ2) is 5.55. The van der Waals surface area contributed by atoms with Crippen LogP contribution in [0.2, 0.25) is 0 Å². The maximum atomic E-state index is 3.32. The fourth-order valence-electron chi connectivity index (χ4n) is 1.66. The Morgan fingerprint density at radius 1 is 1.25 bits per heavy atom. The van der Waals surface area contributed by atoms with E-state index in [1.165, 1.54) is 45.6 Å². The summed E-state index contributed by atoms with van der Waals surface area (Å²) in [7, 11) is 0. The lowest BCUT2D eigenvalue weighted by Crippen LogP contribution is -2.43. The summed E-state index contributed by atoms with van der Waals surface area (Å²) >= 11 is 0. The Hall–Kier alpha value is -0.0800. The predicted molar refractivity (Wildman–Crippen MR) is 53.4 cm³/mol. The van der Waals surface area contributed by atoms with Gasteiger partial charge in [0.05, 0.1) is 0 Å². The SMILES string of the molecule is CCCN(CC)CCC1CNC1. The summed E-state index contributed by atoms with van der Waals surface area (Å²) in [6.45, 7) is 10.8. The van der Waals surface area contributed by atoms with Gasteiger partial charge in [0.1, 0.15) is 0 Å². The molecule has 1 fully saturated rings. The van der Waals surface area contributed by atoms with Crippen molar-refractivity contribution in [1.82, 2.24) is 10.2 Å². The third kappa shape index (κ3) is 3.11. The molecule has 0 radical (unpaired) electrons. The van der Waals surface area contributed by atoms with E-state index in [1.54, 1.807) is 0 Å². The molecule has 0 saturated carbocycles. The van der Waals surface area contributed by atoms with Crippen molar-refractivity contribution in [2.75, 3.05) is 32.7 Å². The van der Waals surface area contributed by atoms with Crippen LogP contribution in [0, 0.1) is 5.92 Å². The van der Waals surface area contributed by atoms with Gasteiger partial charge in [-0.2, -0.15) is 0 Å². The molecular weight excluding hydrogens is 148 g/mol. The first-order chi connectivity index (χ1) is 5.86. The zero-order chi connectivity index (χ0) is 8.81. The van der Waals surface area contributed by atoms with Gasteiger partial charge < -0.3 is 10.2 Å². The lowest BCUT2D eigenvalue weighted by atomic mass is 9.99. The van der Waals surface area contributed by atoms with Gasteiger partial charge in [-0.3, -0.25) is 0 Å². The molecule has 0 spiro atoms. The summed E-state index contributed by atoms with van der Waals surface area (Å²) in [6.07, 6.45) is 2.68. The molecule has 0 aliphatic carbocycles. The molecule has 0 amide bonds. The van der Waals surface area contributed by atoms with Crippen molar-refractivity contribution in [2.45, 2.75) is 26.7 Å². The first-order valence-electron chi connectivity index (χ1n) is 5.29. The van der Waals surface area contributed by atoms with Gasteiger partial charge in [-0.15, -0.1) is 0 Å². The normalized spacial score (nSPS) is 18.2. The largest absolute Gasteiger partial charge is 0.316 e. The van der Waals surface area contributed by atoms with Crippen LogP contribution in [0.1, 0.15) is 26.7 Å². The van der Waals surface area contributed by atoms with Crippen LogP contribution in [-0.4, -0.2) is 37.6 Å². The zero-order valence-electron chi connectivity index (χ0n) is 8.47. The second-order valence-corrected chi connectivity index (χ2v) is 3.75. The van der Waals surface area contributed by atoms with Crippen LogP contribution >= 0.6 is 0 Å². The molecule has 1 aliphatic heterocycles. The highest BCUT2D eigenvalue weighted by Gasteiger charge is 2.16. The van der Waals surface area contributed by atoms with Gasteiger partial charge in [0, 0.05) is 0 Å². The van der Waals surface area contributed by atoms with Gasteiger partial charge in [0.2, 0.25) is 0 Å². The van der Waals surface area contributed by atoms with Gasteiger partial charge in [-0.05, 0) is 51.5 Å². The molecule has 1 saturated heterocycles. The van der Waals surface area contributed by atoms with E-state index in [9.17, 15) is 0 Å². The number of nitrogens with one attached hydrogen (secondary N) is 1. The van der Waals surface area contributed by atoms with E-state index in [4.69, 9.17) is 0 Å². The minimum atomic E-state index is 0.968. The van der Waals surface area contributed by atoms with Crippen LogP contribution in [0.25, 0.3) is 0 Å². The molecule has 2 heteroatoms. The summed E-state index contributed by atoms with van der Waals surface area (Å²) in [5, 5.41) is 3.32. The number of nitrogens with zero attached hydrogens (tertiary/aromatic N) is 1. The van der Waals surface area contributed by atoms with E-state index in [0.29, 0.717) is 0 Å². The van der Waals surface area contributed by atoms with Gasteiger partial charge in [-0.1, -0.05) is 13.8 Å². The summed E-state index contributed by atoms with van der Waals surface area (Å²) in [5.41, 5.74) is 0. The van der Waals surface area contributed by atoms with Crippen LogP contribution in [-0.2, 0) is 0 Å². The van der Waals surface area contributed by atoms with Crippen molar-refractivity contribution in [3.63, 3.8) is 0 Å². The molecule has 0 atom stereocenters.